The molecule has 7 heteroatoms. The summed E-state index contributed by atoms with van der Waals surface area (Å²) < 4.78 is 5.63. The summed E-state index contributed by atoms with van der Waals surface area (Å²) in [4.78, 5) is 42.5. The van der Waals surface area contributed by atoms with Crippen molar-refractivity contribution < 1.29 is 19.1 Å². The maximum absolute atomic E-state index is 14.1. The van der Waals surface area contributed by atoms with Gasteiger partial charge >= 0.3 is 0 Å². The van der Waals surface area contributed by atoms with E-state index in [1.807, 2.05) is 30.0 Å². The first kappa shape index (κ1) is 24.0. The molecule has 0 spiro atoms. The maximum atomic E-state index is 14.1. The molecule has 2 saturated heterocycles. The van der Waals surface area contributed by atoms with Crippen LogP contribution in [0.4, 0.5) is 0 Å². The fourth-order valence-electron chi connectivity index (χ4n) is 5.18. The molecule has 0 bridgehead atoms. The molecule has 0 aromatic heterocycles. The molecular formula is C27H33N3O4. The number of nitrogens with one attached hydrogen (secondary N) is 1. The first-order valence-electron chi connectivity index (χ1n) is 11.9. The minimum absolute atomic E-state index is 0.0400. The van der Waals surface area contributed by atoms with E-state index in [0.29, 0.717) is 51.3 Å². The summed E-state index contributed by atoms with van der Waals surface area (Å²) in [7, 11) is 1.59. The van der Waals surface area contributed by atoms with Crippen LogP contribution in [0, 0.1) is 6.92 Å². The van der Waals surface area contributed by atoms with Gasteiger partial charge in [0.05, 0.1) is 11.5 Å². The first-order valence-corrected chi connectivity index (χ1v) is 11.9. The summed E-state index contributed by atoms with van der Waals surface area (Å²) in [5.74, 6) is -0.127. The van der Waals surface area contributed by atoms with Gasteiger partial charge in [0.15, 0.2) is 0 Å². The molecule has 34 heavy (non-hydrogen) atoms. The second-order valence-electron chi connectivity index (χ2n) is 9.24. The third kappa shape index (κ3) is 4.57. The Morgan fingerprint density at radius 1 is 1.03 bits per heavy atom. The van der Waals surface area contributed by atoms with Crippen molar-refractivity contribution in [2.45, 2.75) is 38.1 Å². The highest BCUT2D eigenvalue weighted by Crippen LogP contribution is 2.38. The standard InChI is InChI=1S/C27H33N3O4/c1-19-7-9-23(10-8-19)27(11-15-34-16-12-27)26(33)29-13-14-30(20(2)31)24(18-29)21-5-4-6-22(17-21)25(32)28-3/h4-10,17,24H,11-16,18H2,1-3H3,(H,28,32). The van der Waals surface area contributed by atoms with Crippen LogP contribution in [0.3, 0.4) is 0 Å². The van der Waals surface area contributed by atoms with E-state index in [0.717, 1.165) is 16.7 Å². The molecule has 2 aromatic carbocycles. The zero-order chi connectivity index (χ0) is 24.3. The Kier molecular flexibility index (Phi) is 7.03. The summed E-state index contributed by atoms with van der Waals surface area (Å²) >= 11 is 0. The monoisotopic (exact) mass is 463 g/mol. The molecule has 2 aliphatic rings. The number of amides is 3. The van der Waals surface area contributed by atoms with Crippen molar-refractivity contribution in [3.63, 3.8) is 0 Å². The minimum atomic E-state index is -0.626. The van der Waals surface area contributed by atoms with Crippen molar-refractivity contribution in [1.29, 1.82) is 0 Å². The summed E-state index contributed by atoms with van der Waals surface area (Å²) in [6, 6.07) is 15.2. The molecule has 1 atom stereocenters. The molecule has 1 N–H and O–H groups in total. The number of hydrogen-bond acceptors (Lipinski definition) is 4. The number of carbonyl (C=O) groups is 3. The van der Waals surface area contributed by atoms with E-state index in [4.69, 9.17) is 4.74 Å². The Labute approximate surface area is 201 Å². The van der Waals surface area contributed by atoms with E-state index in [9.17, 15) is 14.4 Å². The number of piperazine rings is 1. The van der Waals surface area contributed by atoms with Gasteiger partial charge in [-0.15, -0.1) is 0 Å². The summed E-state index contributed by atoms with van der Waals surface area (Å²) in [5, 5.41) is 2.65. The fraction of sp³-hybridized carbons (Fsp3) is 0.444. The molecule has 3 amide bonds. The number of aryl methyl sites for hydroxylation is 1. The van der Waals surface area contributed by atoms with Gasteiger partial charge in [-0.2, -0.15) is 0 Å². The fourth-order valence-corrected chi connectivity index (χ4v) is 5.18. The lowest BCUT2D eigenvalue weighted by molar-refractivity contribution is -0.148. The van der Waals surface area contributed by atoms with Crippen LogP contribution < -0.4 is 5.32 Å². The van der Waals surface area contributed by atoms with Gasteiger partial charge in [-0.25, -0.2) is 0 Å². The van der Waals surface area contributed by atoms with Crippen molar-refractivity contribution in [3.05, 3.63) is 70.8 Å². The van der Waals surface area contributed by atoms with Gasteiger partial charge in [0.2, 0.25) is 11.8 Å². The highest BCUT2D eigenvalue weighted by Gasteiger charge is 2.46. The van der Waals surface area contributed by atoms with E-state index in [1.54, 1.807) is 24.9 Å². The minimum Gasteiger partial charge on any atom is -0.381 e. The van der Waals surface area contributed by atoms with Crippen molar-refractivity contribution in [1.82, 2.24) is 15.1 Å². The largest absolute Gasteiger partial charge is 0.381 e. The van der Waals surface area contributed by atoms with Crippen LogP contribution in [0.2, 0.25) is 0 Å². The van der Waals surface area contributed by atoms with Gasteiger partial charge in [0.1, 0.15) is 0 Å². The number of carbonyl (C=O) groups excluding carboxylic acids is 3. The average Bonchev–Trinajstić information content (AvgIpc) is 2.88. The van der Waals surface area contributed by atoms with Crippen LogP contribution in [-0.4, -0.2) is 67.4 Å². The van der Waals surface area contributed by atoms with Gasteiger partial charge in [0, 0.05) is 52.4 Å². The third-order valence-corrected chi connectivity index (χ3v) is 7.19. The van der Waals surface area contributed by atoms with E-state index in [2.05, 4.69) is 29.6 Å². The molecule has 2 fully saturated rings. The Morgan fingerprint density at radius 3 is 2.38 bits per heavy atom. The van der Waals surface area contributed by atoms with Crippen LogP contribution >= 0.6 is 0 Å². The van der Waals surface area contributed by atoms with Gasteiger partial charge in [-0.3, -0.25) is 14.4 Å². The van der Waals surface area contributed by atoms with Crippen LogP contribution in [0.5, 0.6) is 0 Å². The molecule has 1 unspecified atom stereocenters. The maximum Gasteiger partial charge on any atom is 0.251 e. The number of nitrogens with zero attached hydrogens (tertiary/aromatic N) is 2. The topological polar surface area (TPSA) is 79.0 Å². The van der Waals surface area contributed by atoms with Crippen LogP contribution in [0.25, 0.3) is 0 Å². The molecule has 0 aliphatic carbocycles. The normalized spacial score (nSPS) is 20.0. The van der Waals surface area contributed by atoms with Gasteiger partial charge in [-0.05, 0) is 43.0 Å². The summed E-state index contributed by atoms with van der Waals surface area (Å²) in [6.07, 6.45) is 1.28. The third-order valence-electron chi connectivity index (χ3n) is 7.19. The smallest absolute Gasteiger partial charge is 0.251 e. The summed E-state index contributed by atoms with van der Waals surface area (Å²) in [5.41, 5.74) is 2.94. The Morgan fingerprint density at radius 2 is 1.74 bits per heavy atom. The predicted octanol–water partition coefficient (Wildman–Crippen LogP) is 2.83. The van der Waals surface area contributed by atoms with E-state index >= 15 is 0 Å². The Bertz CT molecular complexity index is 1060. The summed E-state index contributed by atoms with van der Waals surface area (Å²) in [6.45, 7) is 6.02. The quantitative estimate of drug-likeness (QED) is 0.756. The van der Waals surface area contributed by atoms with Gasteiger partial charge in [0.25, 0.3) is 5.91 Å². The molecule has 0 radical (unpaired) electrons. The van der Waals surface area contributed by atoms with Crippen molar-refractivity contribution >= 4 is 17.7 Å². The van der Waals surface area contributed by atoms with Crippen molar-refractivity contribution in [2.24, 2.45) is 0 Å². The van der Waals surface area contributed by atoms with E-state index in [-0.39, 0.29) is 23.8 Å². The number of rotatable bonds is 4. The molecule has 2 heterocycles. The average molecular weight is 464 g/mol. The number of hydrogen-bond donors (Lipinski definition) is 1. The Hall–Kier alpha value is -3.19. The predicted molar refractivity (Wildman–Crippen MR) is 129 cm³/mol. The van der Waals surface area contributed by atoms with Crippen molar-refractivity contribution in [2.75, 3.05) is 39.9 Å². The number of ether oxygens (including phenoxy) is 1. The number of benzene rings is 2. The second-order valence-corrected chi connectivity index (χ2v) is 9.24. The second kappa shape index (κ2) is 9.97. The molecule has 180 valence electrons. The van der Waals surface area contributed by atoms with Gasteiger partial charge < -0.3 is 19.9 Å². The SMILES string of the molecule is CNC(=O)c1cccc(C2CN(C(=O)C3(c4ccc(C)cc4)CCOCC3)CCN2C(C)=O)c1. The molecule has 4 rings (SSSR count). The van der Waals surface area contributed by atoms with E-state index < -0.39 is 5.41 Å². The van der Waals surface area contributed by atoms with Crippen molar-refractivity contribution in [3.8, 4) is 0 Å². The molecule has 0 saturated carbocycles. The highest BCUT2D eigenvalue weighted by molar-refractivity contribution is 5.94. The van der Waals surface area contributed by atoms with E-state index in [1.165, 1.54) is 0 Å². The lowest BCUT2D eigenvalue weighted by Gasteiger charge is -2.46. The molecular weight excluding hydrogens is 430 g/mol. The molecule has 2 aliphatic heterocycles. The van der Waals surface area contributed by atoms with Crippen LogP contribution in [-0.2, 0) is 19.7 Å². The zero-order valence-electron chi connectivity index (χ0n) is 20.2. The molecule has 2 aromatic rings. The lowest BCUT2D eigenvalue weighted by atomic mass is 9.72. The van der Waals surface area contributed by atoms with Crippen LogP contribution in [0.15, 0.2) is 48.5 Å². The highest BCUT2D eigenvalue weighted by atomic mass is 16.5. The zero-order valence-corrected chi connectivity index (χ0v) is 20.2. The first-order chi connectivity index (χ1) is 16.4. The lowest BCUT2D eigenvalue weighted by Crippen LogP contribution is -2.57. The van der Waals surface area contributed by atoms with Crippen LogP contribution in [0.1, 0.15) is 52.9 Å². The molecule has 7 nitrogen and oxygen atoms in total. The van der Waals surface area contributed by atoms with Gasteiger partial charge in [-0.1, -0.05) is 42.0 Å². The Balaban J connectivity index is 1.66.